The number of halogens is 2. The summed E-state index contributed by atoms with van der Waals surface area (Å²) in [5.41, 5.74) is 2.96. The lowest BCUT2D eigenvalue weighted by Crippen LogP contribution is -2.44. The predicted octanol–water partition coefficient (Wildman–Crippen LogP) is 5.21. The van der Waals surface area contributed by atoms with Crippen LogP contribution in [-0.2, 0) is 16.0 Å². The molecule has 0 saturated heterocycles. The summed E-state index contributed by atoms with van der Waals surface area (Å²) in [5, 5.41) is 3.75. The first-order chi connectivity index (χ1) is 14.4. The van der Waals surface area contributed by atoms with Gasteiger partial charge in [0.05, 0.1) is 6.61 Å². The van der Waals surface area contributed by atoms with Crippen molar-refractivity contribution in [1.82, 2.24) is 10.2 Å². The molecule has 5 nitrogen and oxygen atoms in total. The first kappa shape index (κ1) is 23.8. The van der Waals surface area contributed by atoms with Crippen molar-refractivity contribution in [2.75, 3.05) is 26.2 Å². The normalized spacial score (nSPS) is 11.1. The number of hydrogen-bond donors (Lipinski definition) is 1. The molecular weight excluding hydrogens is 423 g/mol. The molecule has 2 aromatic carbocycles. The SMILES string of the molecule is CCOC(=O)CNC(=O)N(CCc1ccc(Cl)cc1Cl)C/C(C)=C/c1ccccc1. The lowest BCUT2D eigenvalue weighted by atomic mass is 10.1. The number of nitrogens with one attached hydrogen (secondary N) is 1. The number of carbonyl (C=O) groups excluding carboxylic acids is 2. The third-order valence-corrected chi connectivity index (χ3v) is 4.88. The van der Waals surface area contributed by atoms with Crippen LogP contribution >= 0.6 is 23.2 Å². The molecule has 2 amide bonds. The third-order valence-electron chi connectivity index (χ3n) is 4.30. The Balaban J connectivity index is 2.09. The van der Waals surface area contributed by atoms with Crippen LogP contribution in [0.5, 0.6) is 0 Å². The van der Waals surface area contributed by atoms with Crippen LogP contribution in [0.15, 0.2) is 54.1 Å². The summed E-state index contributed by atoms with van der Waals surface area (Å²) in [4.78, 5) is 26.0. The highest BCUT2D eigenvalue weighted by Gasteiger charge is 2.16. The molecule has 0 aromatic heterocycles. The van der Waals surface area contributed by atoms with Gasteiger partial charge in [-0.1, -0.05) is 71.2 Å². The smallest absolute Gasteiger partial charge is 0.325 e. The Morgan fingerprint density at radius 2 is 1.87 bits per heavy atom. The number of nitrogens with zero attached hydrogens (tertiary/aromatic N) is 1. The standard InChI is InChI=1S/C23H26Cl2N2O3/c1-3-30-22(28)15-26-23(29)27(12-11-19-9-10-20(24)14-21(19)25)16-17(2)13-18-7-5-4-6-8-18/h4-10,13-14H,3,11-12,15-16H2,1-2H3,(H,26,29)/b17-13+. The Morgan fingerprint density at radius 1 is 1.13 bits per heavy atom. The Hall–Kier alpha value is -2.50. The first-order valence-electron chi connectivity index (χ1n) is 9.73. The molecule has 0 unspecified atom stereocenters. The fraction of sp³-hybridized carbons (Fsp3) is 0.304. The zero-order valence-corrected chi connectivity index (χ0v) is 18.7. The summed E-state index contributed by atoms with van der Waals surface area (Å²) in [6.07, 6.45) is 2.59. The van der Waals surface area contributed by atoms with Crippen LogP contribution in [0.2, 0.25) is 10.0 Å². The molecule has 1 N–H and O–H groups in total. The van der Waals surface area contributed by atoms with Crippen molar-refractivity contribution < 1.29 is 14.3 Å². The van der Waals surface area contributed by atoms with Crippen LogP contribution in [0.25, 0.3) is 6.08 Å². The Morgan fingerprint density at radius 3 is 2.53 bits per heavy atom. The van der Waals surface area contributed by atoms with Gasteiger partial charge in [0.25, 0.3) is 0 Å². The molecule has 0 heterocycles. The number of ether oxygens (including phenoxy) is 1. The molecule has 0 spiro atoms. The Bertz CT molecular complexity index is 885. The number of benzene rings is 2. The molecule has 7 heteroatoms. The summed E-state index contributed by atoms with van der Waals surface area (Å²) < 4.78 is 4.87. The zero-order chi connectivity index (χ0) is 21.9. The van der Waals surface area contributed by atoms with E-state index < -0.39 is 5.97 Å². The van der Waals surface area contributed by atoms with Gasteiger partial charge in [-0.05, 0) is 43.5 Å². The Labute approximate surface area is 187 Å². The van der Waals surface area contributed by atoms with Crippen molar-refractivity contribution in [1.29, 1.82) is 0 Å². The second kappa shape index (κ2) is 12.3. The molecule has 0 radical (unpaired) electrons. The van der Waals surface area contributed by atoms with E-state index in [9.17, 15) is 9.59 Å². The minimum Gasteiger partial charge on any atom is -0.465 e. The van der Waals surface area contributed by atoms with Gasteiger partial charge in [-0.2, -0.15) is 0 Å². The number of esters is 1. The molecule has 0 aliphatic rings. The second-order valence-electron chi connectivity index (χ2n) is 6.77. The van der Waals surface area contributed by atoms with Crippen LogP contribution in [0, 0.1) is 0 Å². The van der Waals surface area contributed by atoms with E-state index in [1.54, 1.807) is 24.0 Å². The van der Waals surface area contributed by atoms with Crippen molar-refractivity contribution in [3.8, 4) is 0 Å². The highest BCUT2D eigenvalue weighted by atomic mass is 35.5. The molecule has 0 aliphatic carbocycles. The van der Waals surface area contributed by atoms with Gasteiger partial charge in [0, 0.05) is 23.1 Å². The number of urea groups is 1. The number of amides is 2. The van der Waals surface area contributed by atoms with Gasteiger partial charge < -0.3 is 15.0 Å². The molecule has 0 atom stereocenters. The van der Waals surface area contributed by atoms with E-state index in [1.807, 2.05) is 49.4 Å². The number of hydrogen-bond acceptors (Lipinski definition) is 3. The van der Waals surface area contributed by atoms with Gasteiger partial charge in [0.1, 0.15) is 6.54 Å². The highest BCUT2D eigenvalue weighted by Crippen LogP contribution is 2.21. The average Bonchev–Trinajstić information content (AvgIpc) is 2.71. The van der Waals surface area contributed by atoms with Crippen molar-refractivity contribution in [3.63, 3.8) is 0 Å². The fourth-order valence-corrected chi connectivity index (χ4v) is 3.39. The van der Waals surface area contributed by atoms with E-state index in [-0.39, 0.29) is 19.2 Å². The van der Waals surface area contributed by atoms with Crippen LogP contribution in [0.1, 0.15) is 25.0 Å². The summed E-state index contributed by atoms with van der Waals surface area (Å²) in [6, 6.07) is 14.9. The van der Waals surface area contributed by atoms with Gasteiger partial charge in [-0.3, -0.25) is 4.79 Å². The molecule has 2 rings (SSSR count). The van der Waals surface area contributed by atoms with E-state index >= 15 is 0 Å². The first-order valence-corrected chi connectivity index (χ1v) is 10.5. The van der Waals surface area contributed by atoms with Crippen LogP contribution in [0.3, 0.4) is 0 Å². The summed E-state index contributed by atoms with van der Waals surface area (Å²) in [5.74, 6) is -0.469. The molecular formula is C23H26Cl2N2O3. The molecule has 0 aliphatic heterocycles. The molecule has 2 aromatic rings. The maximum absolute atomic E-state index is 12.7. The minimum atomic E-state index is -0.469. The van der Waals surface area contributed by atoms with E-state index in [2.05, 4.69) is 5.32 Å². The quantitative estimate of drug-likeness (QED) is 0.535. The highest BCUT2D eigenvalue weighted by molar-refractivity contribution is 6.35. The minimum absolute atomic E-state index is 0.174. The van der Waals surface area contributed by atoms with E-state index in [0.29, 0.717) is 29.6 Å². The van der Waals surface area contributed by atoms with Crippen molar-refractivity contribution in [2.45, 2.75) is 20.3 Å². The summed E-state index contributed by atoms with van der Waals surface area (Å²) >= 11 is 12.2. The fourth-order valence-electron chi connectivity index (χ4n) is 2.88. The van der Waals surface area contributed by atoms with Gasteiger partial charge in [-0.25, -0.2) is 4.79 Å². The zero-order valence-electron chi connectivity index (χ0n) is 17.2. The monoisotopic (exact) mass is 448 g/mol. The number of carbonyl (C=O) groups is 2. The van der Waals surface area contributed by atoms with Crippen molar-refractivity contribution in [2.24, 2.45) is 0 Å². The van der Waals surface area contributed by atoms with E-state index in [4.69, 9.17) is 27.9 Å². The van der Waals surface area contributed by atoms with Crippen LogP contribution in [-0.4, -0.2) is 43.1 Å². The lowest BCUT2D eigenvalue weighted by molar-refractivity contribution is -0.141. The van der Waals surface area contributed by atoms with Gasteiger partial charge in [0.15, 0.2) is 0 Å². The molecule has 0 saturated carbocycles. The predicted molar refractivity (Wildman–Crippen MR) is 122 cm³/mol. The van der Waals surface area contributed by atoms with Crippen LogP contribution in [0.4, 0.5) is 4.79 Å². The number of rotatable bonds is 9. The summed E-state index contributed by atoms with van der Waals surface area (Å²) in [6.45, 7) is 4.62. The maximum Gasteiger partial charge on any atom is 0.325 e. The largest absolute Gasteiger partial charge is 0.465 e. The topological polar surface area (TPSA) is 58.6 Å². The molecule has 160 valence electrons. The van der Waals surface area contributed by atoms with Crippen molar-refractivity contribution >= 4 is 41.3 Å². The summed E-state index contributed by atoms with van der Waals surface area (Å²) in [7, 11) is 0. The molecule has 0 bridgehead atoms. The third kappa shape index (κ3) is 8.09. The van der Waals surface area contributed by atoms with E-state index in [0.717, 1.165) is 16.7 Å². The van der Waals surface area contributed by atoms with E-state index in [1.165, 1.54) is 0 Å². The molecule has 0 fully saturated rings. The molecule has 30 heavy (non-hydrogen) atoms. The van der Waals surface area contributed by atoms with Gasteiger partial charge >= 0.3 is 12.0 Å². The van der Waals surface area contributed by atoms with Crippen molar-refractivity contribution in [3.05, 3.63) is 75.3 Å². The maximum atomic E-state index is 12.7. The second-order valence-corrected chi connectivity index (χ2v) is 7.62. The Kier molecular flexibility index (Phi) is 9.71. The average molecular weight is 449 g/mol. The van der Waals surface area contributed by atoms with Crippen LogP contribution < -0.4 is 5.32 Å². The lowest BCUT2D eigenvalue weighted by Gasteiger charge is -2.24. The van der Waals surface area contributed by atoms with Gasteiger partial charge in [-0.15, -0.1) is 0 Å². The van der Waals surface area contributed by atoms with Gasteiger partial charge in [0.2, 0.25) is 0 Å².